The Morgan fingerprint density at radius 3 is 2.79 bits per heavy atom. The lowest BCUT2D eigenvalue weighted by Gasteiger charge is -2.70. The summed E-state index contributed by atoms with van der Waals surface area (Å²) < 4.78 is 11.4. The number of aromatic nitrogens is 1. The Morgan fingerprint density at radius 2 is 2.04 bits per heavy atom. The summed E-state index contributed by atoms with van der Waals surface area (Å²) in [4.78, 5) is 16.9. The smallest absolute Gasteiger partial charge is 0.296 e. The molecule has 2 aromatic carbocycles. The van der Waals surface area contributed by atoms with Crippen LogP contribution in [0.3, 0.4) is 0 Å². The molecule has 6 heteroatoms. The number of hydrogen-bond acceptors (Lipinski definition) is 5. The van der Waals surface area contributed by atoms with Gasteiger partial charge in [0, 0.05) is 17.0 Å². The number of aryl methyl sites for hydroxylation is 1. The van der Waals surface area contributed by atoms with Gasteiger partial charge < -0.3 is 14.5 Å². The van der Waals surface area contributed by atoms with Crippen molar-refractivity contribution in [3.05, 3.63) is 53.1 Å². The maximum atomic E-state index is 12.4. The molecule has 0 amide bonds. The molecule has 3 aliphatic carbocycles. The molecule has 0 unspecified atom stereocenters. The summed E-state index contributed by atoms with van der Waals surface area (Å²) in [5.74, 6) is 0.824. The second-order valence-electron chi connectivity index (χ2n) is 8.34. The summed E-state index contributed by atoms with van der Waals surface area (Å²) in [5.41, 5.74) is 2.75. The zero-order chi connectivity index (χ0) is 19.4. The van der Waals surface area contributed by atoms with Crippen LogP contribution in [0.25, 0.3) is 11.1 Å². The number of halogens is 1. The quantitative estimate of drug-likeness (QED) is 0.597. The molecule has 3 aromatic rings. The Morgan fingerprint density at radius 1 is 1.25 bits per heavy atom. The second kappa shape index (κ2) is 6.24. The molecule has 1 aromatic heterocycles. The monoisotopic (exact) mass is 396 g/mol. The van der Waals surface area contributed by atoms with Crippen LogP contribution in [-0.2, 0) is 4.79 Å². The number of ether oxygens (including phenoxy) is 1. The predicted molar refractivity (Wildman–Crippen MR) is 108 cm³/mol. The molecule has 0 atom stereocenters. The largest absolute Gasteiger partial charge is 0.486 e. The van der Waals surface area contributed by atoms with E-state index >= 15 is 0 Å². The van der Waals surface area contributed by atoms with Crippen molar-refractivity contribution in [2.75, 3.05) is 11.9 Å². The fourth-order valence-electron chi connectivity index (χ4n) is 4.81. The van der Waals surface area contributed by atoms with Crippen LogP contribution in [0.4, 0.5) is 6.01 Å². The van der Waals surface area contributed by atoms with Gasteiger partial charge >= 0.3 is 0 Å². The lowest BCUT2D eigenvalue weighted by Crippen LogP contribution is -2.71. The van der Waals surface area contributed by atoms with Crippen molar-refractivity contribution in [1.82, 2.24) is 4.98 Å². The molecule has 3 fully saturated rings. The van der Waals surface area contributed by atoms with Gasteiger partial charge in [0.2, 0.25) is 0 Å². The molecule has 0 spiro atoms. The number of carbonyl (C=O) groups excluding carboxylic acids is 1. The van der Waals surface area contributed by atoms with E-state index in [2.05, 4.69) is 10.3 Å². The minimum Gasteiger partial charge on any atom is -0.486 e. The third kappa shape index (κ3) is 3.04. The first-order valence-corrected chi connectivity index (χ1v) is 9.87. The van der Waals surface area contributed by atoms with Crippen LogP contribution in [0.1, 0.15) is 31.2 Å². The van der Waals surface area contributed by atoms with Crippen molar-refractivity contribution in [2.24, 2.45) is 5.41 Å². The van der Waals surface area contributed by atoms with Gasteiger partial charge in [-0.3, -0.25) is 4.79 Å². The van der Waals surface area contributed by atoms with E-state index in [0.29, 0.717) is 23.2 Å². The summed E-state index contributed by atoms with van der Waals surface area (Å²) in [6.07, 6.45) is 3.50. The normalized spacial score (nSPS) is 25.1. The molecule has 6 rings (SSSR count). The van der Waals surface area contributed by atoms with Crippen molar-refractivity contribution < 1.29 is 13.9 Å². The first-order chi connectivity index (χ1) is 13.4. The van der Waals surface area contributed by atoms with Gasteiger partial charge in [-0.25, -0.2) is 0 Å². The minimum absolute atomic E-state index is 0.0370. The first-order valence-electron chi connectivity index (χ1n) is 9.49. The Balaban J connectivity index is 1.13. The number of fused-ring (bicyclic) bond motifs is 1. The molecule has 0 radical (unpaired) electrons. The summed E-state index contributed by atoms with van der Waals surface area (Å²) in [6.45, 7) is 2.02. The molecule has 28 heavy (non-hydrogen) atoms. The third-order valence-corrected chi connectivity index (χ3v) is 6.33. The van der Waals surface area contributed by atoms with Gasteiger partial charge in [0.15, 0.2) is 11.4 Å². The highest BCUT2D eigenvalue weighted by Crippen LogP contribution is 2.70. The minimum atomic E-state index is 0.0370. The number of ketones is 1. The molecular weight excluding hydrogens is 376 g/mol. The van der Waals surface area contributed by atoms with Gasteiger partial charge in [-0.05, 0) is 67.5 Å². The van der Waals surface area contributed by atoms with E-state index in [0.717, 1.165) is 35.9 Å². The van der Waals surface area contributed by atoms with Crippen LogP contribution in [0, 0.1) is 12.3 Å². The van der Waals surface area contributed by atoms with Gasteiger partial charge in [0.05, 0.1) is 0 Å². The Hall–Kier alpha value is -2.53. The number of oxazole rings is 1. The van der Waals surface area contributed by atoms with Crippen LogP contribution >= 0.6 is 11.6 Å². The molecule has 1 heterocycles. The molecule has 1 N–H and O–H groups in total. The zero-order valence-corrected chi connectivity index (χ0v) is 16.4. The van der Waals surface area contributed by atoms with E-state index in [1.807, 2.05) is 37.3 Å². The highest BCUT2D eigenvalue weighted by molar-refractivity contribution is 6.31. The van der Waals surface area contributed by atoms with E-state index < -0.39 is 0 Å². The topological polar surface area (TPSA) is 64.4 Å². The van der Waals surface area contributed by atoms with Crippen molar-refractivity contribution in [2.45, 2.75) is 38.1 Å². The number of anilines is 1. The van der Waals surface area contributed by atoms with Gasteiger partial charge in [0.25, 0.3) is 6.01 Å². The van der Waals surface area contributed by atoms with E-state index in [1.54, 1.807) is 12.1 Å². The van der Waals surface area contributed by atoms with Gasteiger partial charge in [0.1, 0.15) is 17.9 Å². The van der Waals surface area contributed by atoms with Crippen molar-refractivity contribution in [1.29, 1.82) is 0 Å². The van der Waals surface area contributed by atoms with E-state index in [-0.39, 0.29) is 23.3 Å². The van der Waals surface area contributed by atoms with Crippen LogP contribution in [0.5, 0.6) is 5.75 Å². The number of benzene rings is 2. The molecule has 144 valence electrons. The standard InChI is InChI=1S/C22H21ClN2O3/c1-14-8-16(6-7-17(14)23)27-10-15(26)9-21-11-22(12-21,13-21)25-20-24-18-4-2-3-5-19(18)28-20/h2-8H,9-13H2,1H3,(H,24,25). The predicted octanol–water partition coefficient (Wildman–Crippen LogP) is 5.16. The lowest BCUT2D eigenvalue weighted by atomic mass is 9.38. The average Bonchev–Trinajstić information content (AvgIpc) is 3.02. The molecule has 0 saturated heterocycles. The number of rotatable bonds is 7. The average molecular weight is 397 g/mol. The molecule has 0 aliphatic heterocycles. The van der Waals surface area contributed by atoms with Crippen LogP contribution in [-0.4, -0.2) is 22.9 Å². The summed E-state index contributed by atoms with van der Waals surface area (Å²) >= 11 is 6.02. The summed E-state index contributed by atoms with van der Waals surface area (Å²) in [7, 11) is 0. The van der Waals surface area contributed by atoms with E-state index in [1.165, 1.54) is 0 Å². The maximum absolute atomic E-state index is 12.4. The molecule has 3 saturated carbocycles. The number of hydrogen-bond donors (Lipinski definition) is 1. The number of carbonyl (C=O) groups is 1. The Bertz CT molecular complexity index is 1020. The van der Waals surface area contributed by atoms with Crippen molar-refractivity contribution >= 4 is 34.5 Å². The second-order valence-corrected chi connectivity index (χ2v) is 8.74. The molecule has 2 bridgehead atoms. The molecular formula is C22H21ClN2O3. The van der Waals surface area contributed by atoms with Gasteiger partial charge in [-0.1, -0.05) is 23.7 Å². The van der Waals surface area contributed by atoms with Gasteiger partial charge in [-0.15, -0.1) is 0 Å². The van der Waals surface area contributed by atoms with Crippen molar-refractivity contribution in [3.8, 4) is 5.75 Å². The summed E-state index contributed by atoms with van der Waals surface area (Å²) in [5, 5.41) is 4.14. The highest BCUT2D eigenvalue weighted by Gasteiger charge is 2.68. The van der Waals surface area contributed by atoms with Crippen LogP contribution < -0.4 is 10.1 Å². The summed E-state index contributed by atoms with van der Waals surface area (Å²) in [6, 6.07) is 13.8. The Labute approximate surface area is 168 Å². The fraction of sp³-hybridized carbons (Fsp3) is 0.364. The third-order valence-electron chi connectivity index (χ3n) is 5.91. The highest BCUT2D eigenvalue weighted by atomic mass is 35.5. The van der Waals surface area contributed by atoms with E-state index in [4.69, 9.17) is 20.8 Å². The Kier molecular flexibility index (Phi) is 3.91. The fourth-order valence-corrected chi connectivity index (χ4v) is 4.93. The zero-order valence-electron chi connectivity index (χ0n) is 15.6. The van der Waals surface area contributed by atoms with Gasteiger partial charge in [-0.2, -0.15) is 4.98 Å². The SMILES string of the molecule is Cc1cc(OCC(=O)CC23CC(Nc4nc5ccccc5o4)(C2)C3)ccc1Cl. The molecule has 3 aliphatic rings. The van der Waals surface area contributed by atoms with Crippen LogP contribution in [0.15, 0.2) is 46.9 Å². The van der Waals surface area contributed by atoms with E-state index in [9.17, 15) is 4.79 Å². The first kappa shape index (κ1) is 17.6. The lowest BCUT2D eigenvalue weighted by molar-refractivity contribution is -0.147. The number of para-hydroxylation sites is 2. The number of nitrogens with zero attached hydrogens (tertiary/aromatic N) is 1. The molecule has 5 nitrogen and oxygen atoms in total. The maximum Gasteiger partial charge on any atom is 0.296 e. The van der Waals surface area contributed by atoms with Crippen LogP contribution in [0.2, 0.25) is 5.02 Å². The number of Topliss-reactive ketones (excluding diaryl/α,β-unsaturated/α-hetero) is 1. The number of nitrogens with one attached hydrogen (secondary N) is 1. The van der Waals surface area contributed by atoms with Crippen molar-refractivity contribution in [3.63, 3.8) is 0 Å².